The van der Waals surface area contributed by atoms with Crippen molar-refractivity contribution < 1.29 is 14.3 Å². The summed E-state index contributed by atoms with van der Waals surface area (Å²) in [6.45, 7) is 7.59. The van der Waals surface area contributed by atoms with Gasteiger partial charge in [0.15, 0.2) is 0 Å². The lowest BCUT2D eigenvalue weighted by Crippen LogP contribution is -2.40. The van der Waals surface area contributed by atoms with E-state index in [2.05, 4.69) is 0 Å². The smallest absolute Gasteiger partial charge is 0.236 e. The molecule has 1 aliphatic heterocycles. The Bertz CT molecular complexity index is 576. The SMILES string of the molecule is CCC(=O)N(CC)CCN1C(=O)C(C)SC1c1ccc(OC)cc1. The third-order valence-electron chi connectivity index (χ3n) is 4.30. The first-order valence-electron chi connectivity index (χ1n) is 8.39. The maximum atomic E-state index is 12.5. The van der Waals surface area contributed by atoms with Crippen LogP contribution < -0.4 is 4.74 Å². The van der Waals surface area contributed by atoms with Crippen molar-refractivity contribution in [3.8, 4) is 5.75 Å². The molecule has 1 aromatic rings. The number of rotatable bonds is 7. The highest BCUT2D eigenvalue weighted by Crippen LogP contribution is 2.42. The van der Waals surface area contributed by atoms with Gasteiger partial charge in [0.05, 0.1) is 12.4 Å². The van der Waals surface area contributed by atoms with Crippen LogP contribution in [0.5, 0.6) is 5.75 Å². The molecule has 6 heteroatoms. The van der Waals surface area contributed by atoms with E-state index < -0.39 is 0 Å². The van der Waals surface area contributed by atoms with Gasteiger partial charge in [0.2, 0.25) is 11.8 Å². The van der Waals surface area contributed by atoms with Crippen molar-refractivity contribution in [1.29, 1.82) is 0 Å². The van der Waals surface area contributed by atoms with E-state index in [9.17, 15) is 9.59 Å². The molecular weight excluding hydrogens is 324 g/mol. The van der Waals surface area contributed by atoms with E-state index in [1.807, 2.05) is 54.8 Å². The third kappa shape index (κ3) is 4.04. The molecular formula is C18H26N2O3S. The van der Waals surface area contributed by atoms with Crippen LogP contribution in [-0.2, 0) is 9.59 Å². The van der Waals surface area contributed by atoms with Crippen molar-refractivity contribution in [2.75, 3.05) is 26.7 Å². The predicted octanol–water partition coefficient (Wildman–Crippen LogP) is 2.92. The van der Waals surface area contributed by atoms with Crippen LogP contribution in [0.2, 0.25) is 0 Å². The highest BCUT2D eigenvalue weighted by atomic mass is 32.2. The van der Waals surface area contributed by atoms with Crippen molar-refractivity contribution in [2.24, 2.45) is 0 Å². The van der Waals surface area contributed by atoms with Crippen molar-refractivity contribution in [3.05, 3.63) is 29.8 Å². The van der Waals surface area contributed by atoms with Gasteiger partial charge < -0.3 is 14.5 Å². The van der Waals surface area contributed by atoms with Crippen molar-refractivity contribution in [3.63, 3.8) is 0 Å². The standard InChI is InChI=1S/C18H26N2O3S/c1-5-16(21)19(6-2)11-12-20-17(22)13(3)24-18(20)14-7-9-15(23-4)10-8-14/h7-10,13,18H,5-6,11-12H2,1-4H3. The number of hydrogen-bond donors (Lipinski definition) is 0. The molecule has 2 atom stereocenters. The second kappa shape index (κ2) is 8.42. The summed E-state index contributed by atoms with van der Waals surface area (Å²) in [6.07, 6.45) is 0.495. The number of amides is 2. The monoisotopic (exact) mass is 350 g/mol. The number of carbonyl (C=O) groups is 2. The molecule has 0 radical (unpaired) electrons. The second-order valence-corrected chi connectivity index (χ2v) is 7.19. The summed E-state index contributed by atoms with van der Waals surface area (Å²) in [5, 5.41) is -0.0668. The quantitative estimate of drug-likeness (QED) is 0.759. The molecule has 1 saturated heterocycles. The van der Waals surface area contributed by atoms with E-state index in [0.717, 1.165) is 11.3 Å². The topological polar surface area (TPSA) is 49.9 Å². The first kappa shape index (κ1) is 18.6. The lowest BCUT2D eigenvalue weighted by atomic mass is 10.2. The minimum absolute atomic E-state index is 0.00570. The zero-order chi connectivity index (χ0) is 17.7. The molecule has 1 aromatic carbocycles. The van der Waals surface area contributed by atoms with Crippen molar-refractivity contribution in [2.45, 2.75) is 37.8 Å². The first-order chi connectivity index (χ1) is 11.5. The minimum Gasteiger partial charge on any atom is -0.497 e. The summed E-state index contributed by atoms with van der Waals surface area (Å²) in [5.41, 5.74) is 1.09. The molecule has 0 N–H and O–H groups in total. The fraction of sp³-hybridized carbons (Fsp3) is 0.556. The molecule has 5 nitrogen and oxygen atoms in total. The number of methoxy groups -OCH3 is 1. The molecule has 1 aliphatic rings. The summed E-state index contributed by atoms with van der Waals surface area (Å²) in [4.78, 5) is 28.2. The number of ether oxygens (including phenoxy) is 1. The largest absolute Gasteiger partial charge is 0.497 e. The number of nitrogens with zero attached hydrogens (tertiary/aromatic N) is 2. The summed E-state index contributed by atoms with van der Waals surface area (Å²) in [7, 11) is 1.64. The Morgan fingerprint density at radius 1 is 1.29 bits per heavy atom. The Kier molecular flexibility index (Phi) is 6.54. The lowest BCUT2D eigenvalue weighted by Gasteiger charge is -2.28. The fourth-order valence-electron chi connectivity index (χ4n) is 2.84. The highest BCUT2D eigenvalue weighted by Gasteiger charge is 2.38. The molecule has 0 aromatic heterocycles. The van der Waals surface area contributed by atoms with E-state index in [1.165, 1.54) is 0 Å². The molecule has 0 spiro atoms. The van der Waals surface area contributed by atoms with E-state index in [0.29, 0.717) is 26.1 Å². The number of likely N-dealkylation sites (N-methyl/N-ethyl adjacent to an activating group) is 1. The maximum absolute atomic E-state index is 12.5. The average Bonchev–Trinajstić information content (AvgIpc) is 2.90. The highest BCUT2D eigenvalue weighted by molar-refractivity contribution is 8.01. The van der Waals surface area contributed by atoms with Crippen molar-refractivity contribution >= 4 is 23.6 Å². The fourth-order valence-corrected chi connectivity index (χ4v) is 4.15. The molecule has 1 heterocycles. The van der Waals surface area contributed by atoms with Crippen LogP contribution in [0.3, 0.4) is 0 Å². The van der Waals surface area contributed by atoms with Crippen LogP contribution in [0.25, 0.3) is 0 Å². The maximum Gasteiger partial charge on any atom is 0.236 e. The zero-order valence-corrected chi connectivity index (χ0v) is 15.6. The van der Waals surface area contributed by atoms with Crippen LogP contribution in [0.4, 0.5) is 0 Å². The molecule has 132 valence electrons. The van der Waals surface area contributed by atoms with Gasteiger partial charge in [-0.2, -0.15) is 0 Å². The van der Waals surface area contributed by atoms with Gasteiger partial charge >= 0.3 is 0 Å². The number of thioether (sulfide) groups is 1. The van der Waals surface area contributed by atoms with E-state index in [4.69, 9.17) is 4.74 Å². The van der Waals surface area contributed by atoms with Gasteiger partial charge in [0.1, 0.15) is 11.1 Å². The Labute approximate surface area is 148 Å². The van der Waals surface area contributed by atoms with Crippen molar-refractivity contribution in [1.82, 2.24) is 9.80 Å². The molecule has 2 unspecified atom stereocenters. The molecule has 1 fully saturated rings. The Morgan fingerprint density at radius 3 is 2.50 bits per heavy atom. The normalized spacial score (nSPS) is 20.3. The predicted molar refractivity (Wildman–Crippen MR) is 97.0 cm³/mol. The van der Waals surface area contributed by atoms with Crippen LogP contribution in [0.15, 0.2) is 24.3 Å². The Morgan fingerprint density at radius 2 is 1.96 bits per heavy atom. The van der Waals surface area contributed by atoms with Crippen LogP contribution in [0.1, 0.15) is 38.1 Å². The zero-order valence-electron chi connectivity index (χ0n) is 14.8. The van der Waals surface area contributed by atoms with Gasteiger partial charge in [-0.1, -0.05) is 19.1 Å². The third-order valence-corrected chi connectivity index (χ3v) is 5.69. The first-order valence-corrected chi connectivity index (χ1v) is 9.33. The average molecular weight is 350 g/mol. The molecule has 0 aliphatic carbocycles. The van der Waals surface area contributed by atoms with Gasteiger partial charge in [0.25, 0.3) is 0 Å². The number of hydrogen-bond acceptors (Lipinski definition) is 4. The van der Waals surface area contributed by atoms with E-state index >= 15 is 0 Å². The van der Waals surface area contributed by atoms with Gasteiger partial charge in [-0.3, -0.25) is 9.59 Å². The number of benzene rings is 1. The molecule has 0 saturated carbocycles. The summed E-state index contributed by atoms with van der Waals surface area (Å²) < 4.78 is 5.20. The Hall–Kier alpha value is -1.69. The summed E-state index contributed by atoms with van der Waals surface area (Å²) in [6, 6.07) is 7.84. The minimum atomic E-state index is -0.0611. The summed E-state index contributed by atoms with van der Waals surface area (Å²) >= 11 is 1.65. The van der Waals surface area contributed by atoms with Crippen LogP contribution in [0, 0.1) is 0 Å². The van der Waals surface area contributed by atoms with Gasteiger partial charge in [-0.05, 0) is 31.5 Å². The Balaban J connectivity index is 2.11. The van der Waals surface area contributed by atoms with Crippen LogP contribution >= 0.6 is 11.8 Å². The van der Waals surface area contributed by atoms with Gasteiger partial charge in [0, 0.05) is 26.1 Å². The van der Waals surface area contributed by atoms with Crippen LogP contribution in [-0.4, -0.2) is 53.6 Å². The number of carbonyl (C=O) groups excluding carboxylic acids is 2. The second-order valence-electron chi connectivity index (χ2n) is 5.76. The molecule has 2 rings (SSSR count). The lowest BCUT2D eigenvalue weighted by molar-refractivity contribution is -0.134. The molecule has 24 heavy (non-hydrogen) atoms. The van der Waals surface area contributed by atoms with E-state index in [1.54, 1.807) is 18.9 Å². The summed E-state index contributed by atoms with van der Waals surface area (Å²) in [5.74, 6) is 1.07. The van der Waals surface area contributed by atoms with Gasteiger partial charge in [-0.15, -0.1) is 11.8 Å². The molecule has 2 amide bonds. The molecule has 0 bridgehead atoms. The van der Waals surface area contributed by atoms with Gasteiger partial charge in [-0.25, -0.2) is 0 Å². The van der Waals surface area contributed by atoms with E-state index in [-0.39, 0.29) is 22.4 Å².